The van der Waals surface area contributed by atoms with Crippen LogP contribution in [0.25, 0.3) is 0 Å². The Balaban J connectivity index is 2.10. The highest BCUT2D eigenvalue weighted by Crippen LogP contribution is 2.24. The molecule has 2 rings (SSSR count). The van der Waals surface area contributed by atoms with Crippen LogP contribution in [0.4, 0.5) is 0 Å². The van der Waals surface area contributed by atoms with Gasteiger partial charge in [-0.05, 0) is 42.0 Å². The van der Waals surface area contributed by atoms with Crippen LogP contribution in [-0.2, 0) is 6.42 Å². The van der Waals surface area contributed by atoms with Crippen molar-refractivity contribution in [2.24, 2.45) is 0 Å². The monoisotopic (exact) mass is 239 g/mol. The number of ether oxygens (including phenoxy) is 1. The predicted octanol–water partition coefficient (Wildman–Crippen LogP) is 4.25. The van der Waals surface area contributed by atoms with Crippen molar-refractivity contribution in [1.82, 2.24) is 0 Å². The fraction of sp³-hybridized carbons (Fsp3) is 0.235. The summed E-state index contributed by atoms with van der Waals surface area (Å²) in [4.78, 5) is 0. The van der Waals surface area contributed by atoms with Crippen LogP contribution in [0.2, 0.25) is 0 Å². The van der Waals surface area contributed by atoms with Gasteiger partial charge in [-0.15, -0.1) is 0 Å². The molecule has 0 saturated carbocycles. The van der Waals surface area contributed by atoms with E-state index in [2.05, 4.69) is 49.4 Å². The van der Waals surface area contributed by atoms with Crippen LogP contribution in [-0.4, -0.2) is 7.11 Å². The smallest absolute Gasteiger partial charge is 0.118 e. The standard InChI is InChI=1S/C17H19O/c1-3-15(16-7-5-4-6-8-16)13-14-9-11-17(18-2)12-10-14/h4-12,15H,1,3,13H2,2H3. The Morgan fingerprint density at radius 3 is 2.22 bits per heavy atom. The molecule has 2 aromatic rings. The molecule has 1 nitrogen and oxygen atoms in total. The van der Waals surface area contributed by atoms with Crippen molar-refractivity contribution >= 4 is 0 Å². The van der Waals surface area contributed by atoms with Gasteiger partial charge in [-0.3, -0.25) is 0 Å². The molecule has 0 amide bonds. The first-order valence-electron chi connectivity index (χ1n) is 6.30. The second-order valence-electron chi connectivity index (χ2n) is 4.45. The van der Waals surface area contributed by atoms with Gasteiger partial charge in [0.15, 0.2) is 0 Å². The molecule has 0 aliphatic heterocycles. The molecule has 0 spiro atoms. The van der Waals surface area contributed by atoms with E-state index in [1.54, 1.807) is 7.11 Å². The summed E-state index contributed by atoms with van der Waals surface area (Å²) in [6.45, 7) is 4.07. The molecule has 1 atom stereocenters. The fourth-order valence-electron chi connectivity index (χ4n) is 2.16. The summed E-state index contributed by atoms with van der Waals surface area (Å²) in [5.41, 5.74) is 2.69. The summed E-state index contributed by atoms with van der Waals surface area (Å²) in [6, 6.07) is 18.9. The van der Waals surface area contributed by atoms with Crippen molar-refractivity contribution in [2.45, 2.75) is 18.8 Å². The Labute approximate surface area is 109 Å². The Hall–Kier alpha value is -1.76. The average Bonchev–Trinajstić information content (AvgIpc) is 2.46. The highest BCUT2D eigenvalue weighted by Gasteiger charge is 2.09. The van der Waals surface area contributed by atoms with Gasteiger partial charge in [0.05, 0.1) is 7.11 Å². The summed E-state index contributed by atoms with van der Waals surface area (Å²) in [6.07, 6.45) is 1.94. The molecule has 1 heteroatoms. The SMILES string of the molecule is [CH2]CC(Cc1ccc(OC)cc1)c1ccccc1. The zero-order chi connectivity index (χ0) is 12.8. The van der Waals surface area contributed by atoms with E-state index in [0.717, 1.165) is 18.6 Å². The highest BCUT2D eigenvalue weighted by atomic mass is 16.5. The van der Waals surface area contributed by atoms with Crippen LogP contribution in [0.5, 0.6) is 5.75 Å². The molecule has 0 bridgehead atoms. The van der Waals surface area contributed by atoms with Crippen LogP contribution in [0.3, 0.4) is 0 Å². The van der Waals surface area contributed by atoms with E-state index < -0.39 is 0 Å². The maximum atomic E-state index is 5.17. The first-order valence-corrected chi connectivity index (χ1v) is 6.30. The number of hydrogen-bond acceptors (Lipinski definition) is 1. The maximum Gasteiger partial charge on any atom is 0.118 e. The Morgan fingerprint density at radius 2 is 1.67 bits per heavy atom. The van der Waals surface area contributed by atoms with E-state index >= 15 is 0 Å². The average molecular weight is 239 g/mol. The number of benzene rings is 2. The summed E-state index contributed by atoms with van der Waals surface area (Å²) >= 11 is 0. The molecule has 18 heavy (non-hydrogen) atoms. The van der Waals surface area contributed by atoms with Gasteiger partial charge in [0.25, 0.3) is 0 Å². The molecule has 1 radical (unpaired) electrons. The largest absolute Gasteiger partial charge is 0.497 e. The van der Waals surface area contributed by atoms with E-state index in [-0.39, 0.29) is 0 Å². The molecular weight excluding hydrogens is 220 g/mol. The minimum atomic E-state index is 0.486. The van der Waals surface area contributed by atoms with Gasteiger partial charge in [0.1, 0.15) is 5.75 Å². The van der Waals surface area contributed by atoms with Crippen molar-refractivity contribution in [3.8, 4) is 5.75 Å². The molecule has 2 aromatic carbocycles. The Kier molecular flexibility index (Phi) is 4.40. The van der Waals surface area contributed by atoms with E-state index in [1.807, 2.05) is 12.1 Å². The van der Waals surface area contributed by atoms with Gasteiger partial charge in [-0.2, -0.15) is 0 Å². The van der Waals surface area contributed by atoms with Crippen LogP contribution in [0.1, 0.15) is 23.5 Å². The van der Waals surface area contributed by atoms with Crippen LogP contribution < -0.4 is 4.74 Å². The van der Waals surface area contributed by atoms with Crippen molar-refractivity contribution in [3.05, 3.63) is 72.6 Å². The molecule has 1 unspecified atom stereocenters. The first kappa shape index (κ1) is 12.7. The summed E-state index contributed by atoms with van der Waals surface area (Å²) in [5.74, 6) is 1.39. The fourth-order valence-corrected chi connectivity index (χ4v) is 2.16. The minimum Gasteiger partial charge on any atom is -0.497 e. The molecule has 0 aliphatic rings. The van der Waals surface area contributed by atoms with Crippen molar-refractivity contribution < 1.29 is 4.74 Å². The van der Waals surface area contributed by atoms with Gasteiger partial charge in [0, 0.05) is 0 Å². The Bertz CT molecular complexity index is 459. The van der Waals surface area contributed by atoms with Crippen LogP contribution in [0, 0.1) is 6.92 Å². The normalized spacial score (nSPS) is 12.1. The lowest BCUT2D eigenvalue weighted by Gasteiger charge is -2.15. The van der Waals surface area contributed by atoms with Crippen molar-refractivity contribution in [1.29, 1.82) is 0 Å². The lowest BCUT2D eigenvalue weighted by Crippen LogP contribution is -2.01. The Morgan fingerprint density at radius 1 is 1.00 bits per heavy atom. The molecule has 0 saturated heterocycles. The van der Waals surface area contributed by atoms with E-state index in [1.165, 1.54) is 11.1 Å². The molecule has 93 valence electrons. The van der Waals surface area contributed by atoms with E-state index in [0.29, 0.717) is 5.92 Å². The first-order chi connectivity index (χ1) is 8.83. The second-order valence-corrected chi connectivity index (χ2v) is 4.45. The van der Waals surface area contributed by atoms with Gasteiger partial charge in [-0.25, -0.2) is 0 Å². The quantitative estimate of drug-likeness (QED) is 0.758. The molecule has 0 N–H and O–H groups in total. The minimum absolute atomic E-state index is 0.486. The van der Waals surface area contributed by atoms with Gasteiger partial charge >= 0.3 is 0 Å². The zero-order valence-corrected chi connectivity index (χ0v) is 10.8. The molecule has 0 heterocycles. The summed E-state index contributed by atoms with van der Waals surface area (Å²) < 4.78 is 5.17. The van der Waals surface area contributed by atoms with Gasteiger partial charge in [-0.1, -0.05) is 49.4 Å². The molecular formula is C17H19O. The summed E-state index contributed by atoms with van der Waals surface area (Å²) in [5, 5.41) is 0. The van der Waals surface area contributed by atoms with Crippen LogP contribution >= 0.6 is 0 Å². The maximum absolute atomic E-state index is 5.17. The predicted molar refractivity (Wildman–Crippen MR) is 75.9 cm³/mol. The second kappa shape index (κ2) is 6.25. The number of methoxy groups -OCH3 is 1. The lowest BCUT2D eigenvalue weighted by atomic mass is 9.90. The molecule has 0 aliphatic carbocycles. The van der Waals surface area contributed by atoms with Gasteiger partial charge < -0.3 is 4.74 Å². The topological polar surface area (TPSA) is 9.23 Å². The van der Waals surface area contributed by atoms with Gasteiger partial charge in [0.2, 0.25) is 0 Å². The zero-order valence-electron chi connectivity index (χ0n) is 10.8. The molecule has 0 aromatic heterocycles. The number of hydrogen-bond donors (Lipinski definition) is 0. The number of rotatable bonds is 5. The van der Waals surface area contributed by atoms with Crippen molar-refractivity contribution in [2.75, 3.05) is 7.11 Å². The van der Waals surface area contributed by atoms with E-state index in [9.17, 15) is 0 Å². The summed E-state index contributed by atoms with van der Waals surface area (Å²) in [7, 11) is 1.69. The lowest BCUT2D eigenvalue weighted by molar-refractivity contribution is 0.414. The molecule has 0 fully saturated rings. The van der Waals surface area contributed by atoms with E-state index in [4.69, 9.17) is 4.74 Å². The van der Waals surface area contributed by atoms with Crippen LogP contribution in [0.15, 0.2) is 54.6 Å². The highest BCUT2D eigenvalue weighted by molar-refractivity contribution is 5.29. The third kappa shape index (κ3) is 3.13. The third-order valence-electron chi connectivity index (χ3n) is 3.26. The third-order valence-corrected chi connectivity index (χ3v) is 3.26. The van der Waals surface area contributed by atoms with Crippen molar-refractivity contribution in [3.63, 3.8) is 0 Å².